The monoisotopic (exact) mass is 1140 g/mol. The van der Waals surface area contributed by atoms with Gasteiger partial charge < -0.3 is 9.80 Å². The van der Waals surface area contributed by atoms with E-state index in [0.717, 1.165) is 72.4 Å². The molecule has 0 saturated carbocycles. The summed E-state index contributed by atoms with van der Waals surface area (Å²) in [6.45, 7) is 0. The Kier molecular flexibility index (Phi) is 12.0. The Morgan fingerprint density at radius 3 is 0.611 bits per heavy atom. The second-order valence-corrected chi connectivity index (χ2v) is 23.8. The van der Waals surface area contributed by atoms with Crippen LogP contribution < -0.4 is 9.80 Å². The van der Waals surface area contributed by atoms with E-state index in [-0.39, 0.29) is 0 Å². The Bertz CT molecular complexity index is 5350. The van der Waals surface area contributed by atoms with Gasteiger partial charge in [0, 0.05) is 54.5 Å². The van der Waals surface area contributed by atoms with E-state index in [2.05, 4.69) is 350 Å². The normalized spacial score (nSPS) is 11.8. The van der Waals surface area contributed by atoms with Crippen molar-refractivity contribution in [2.45, 2.75) is 0 Å². The van der Waals surface area contributed by atoms with E-state index < -0.39 is 0 Å². The van der Waals surface area contributed by atoms with E-state index in [1.54, 1.807) is 0 Å². The number of benzene rings is 18. The minimum absolute atomic E-state index is 1.09. The highest BCUT2D eigenvalue weighted by Crippen LogP contribution is 2.55. The maximum Gasteiger partial charge on any atom is 0.0619 e. The van der Waals surface area contributed by atoms with Crippen LogP contribution >= 0.6 is 0 Å². The van der Waals surface area contributed by atoms with Gasteiger partial charge in [-0.25, -0.2) is 0 Å². The van der Waals surface area contributed by atoms with Crippen LogP contribution in [0.2, 0.25) is 0 Å². The molecule has 0 aromatic heterocycles. The van der Waals surface area contributed by atoms with Crippen LogP contribution in [-0.2, 0) is 0 Å². The standard InChI is InChI=1S/C88H56N2/c1-3-33-66(34-4-1)89(85-70-39-15-9-29-59(70)52-60-30-10-16-40-71(60)85)87-78-47-23-19-43-74(78)83(75-44-20-24-48-79(75)87)64-54-63(82-68-37-13-7-27-57(68)51-58-28-8-14-38-69(58)82)55-65(56-64)84-76-45-21-25-49-80(76)88(81-50-26-22-46-77(81)84)90(67-35-5-2-6-36-67)86-72-41-17-11-31-61(72)53-62-32-12-18-42-73(62)86/h1-56H. The van der Waals surface area contributed by atoms with Crippen molar-refractivity contribution in [3.8, 4) is 33.4 Å². The number of hydrogen-bond acceptors (Lipinski definition) is 2. The highest BCUT2D eigenvalue weighted by Gasteiger charge is 2.29. The molecule has 90 heavy (non-hydrogen) atoms. The van der Waals surface area contributed by atoms with Gasteiger partial charge in [-0.05, 0) is 159 Å². The first-order valence-electron chi connectivity index (χ1n) is 31.2. The van der Waals surface area contributed by atoms with E-state index in [4.69, 9.17) is 0 Å². The van der Waals surface area contributed by atoms with Gasteiger partial charge >= 0.3 is 0 Å². The van der Waals surface area contributed by atoms with E-state index >= 15 is 0 Å². The van der Waals surface area contributed by atoms with Crippen LogP contribution in [0.25, 0.3) is 141 Å². The molecule has 0 aliphatic rings. The topological polar surface area (TPSA) is 6.48 Å². The molecule has 0 spiro atoms. The van der Waals surface area contributed by atoms with E-state index in [1.807, 2.05) is 0 Å². The Labute approximate surface area is 521 Å². The fraction of sp³-hybridized carbons (Fsp3) is 0. The van der Waals surface area contributed by atoms with E-state index in [9.17, 15) is 0 Å². The van der Waals surface area contributed by atoms with Gasteiger partial charge in [0.1, 0.15) is 0 Å². The summed E-state index contributed by atoms with van der Waals surface area (Å²) in [5.74, 6) is 0. The lowest BCUT2D eigenvalue weighted by molar-refractivity contribution is 1.34. The van der Waals surface area contributed by atoms with Crippen molar-refractivity contribution < 1.29 is 0 Å². The second kappa shape index (κ2) is 21.0. The molecule has 18 rings (SSSR count). The first-order valence-corrected chi connectivity index (χ1v) is 31.2. The molecule has 0 fully saturated rings. The molecule has 0 aliphatic carbocycles. The molecule has 0 atom stereocenters. The van der Waals surface area contributed by atoms with Crippen molar-refractivity contribution >= 4 is 142 Å². The summed E-state index contributed by atoms with van der Waals surface area (Å²) in [4.78, 5) is 5.12. The minimum Gasteiger partial charge on any atom is -0.308 e. The maximum atomic E-state index is 2.56. The Morgan fingerprint density at radius 1 is 0.144 bits per heavy atom. The zero-order chi connectivity index (χ0) is 59.2. The van der Waals surface area contributed by atoms with Crippen LogP contribution in [0.5, 0.6) is 0 Å². The summed E-state index contributed by atoms with van der Waals surface area (Å²) >= 11 is 0. The Balaban J connectivity index is 0.973. The van der Waals surface area contributed by atoms with Crippen LogP contribution in [-0.4, -0.2) is 0 Å². The lowest BCUT2D eigenvalue weighted by Gasteiger charge is -2.32. The van der Waals surface area contributed by atoms with Crippen molar-refractivity contribution in [2.75, 3.05) is 9.80 Å². The summed E-state index contributed by atoms with van der Waals surface area (Å²) in [7, 11) is 0. The highest BCUT2D eigenvalue weighted by atomic mass is 15.2. The predicted octanol–water partition coefficient (Wildman–Crippen LogP) is 25.2. The molecule has 18 aromatic rings. The third-order valence-corrected chi connectivity index (χ3v) is 18.8. The molecule has 418 valence electrons. The summed E-state index contributed by atoms with van der Waals surface area (Å²) in [6, 6.07) is 127. The molecule has 0 saturated heterocycles. The van der Waals surface area contributed by atoms with Gasteiger partial charge in [-0.2, -0.15) is 0 Å². The summed E-state index contributed by atoms with van der Waals surface area (Å²) in [5.41, 5.74) is 13.8. The van der Waals surface area contributed by atoms with Crippen molar-refractivity contribution in [2.24, 2.45) is 0 Å². The maximum absolute atomic E-state index is 2.56. The number of nitrogens with zero attached hydrogens (tertiary/aromatic N) is 2. The fourth-order valence-corrected chi connectivity index (χ4v) is 15.1. The Hall–Kier alpha value is -11.8. The molecule has 2 heteroatoms. The molecule has 0 heterocycles. The smallest absolute Gasteiger partial charge is 0.0619 e. The quantitative estimate of drug-likeness (QED) is 0.133. The number of rotatable bonds is 9. The van der Waals surface area contributed by atoms with Crippen molar-refractivity contribution in [3.63, 3.8) is 0 Å². The molecular weight excluding hydrogens is 1080 g/mol. The zero-order valence-corrected chi connectivity index (χ0v) is 49.2. The summed E-state index contributed by atoms with van der Waals surface area (Å²) in [6.07, 6.45) is 0. The number of hydrogen-bond donors (Lipinski definition) is 0. The largest absolute Gasteiger partial charge is 0.308 e. The number of para-hydroxylation sites is 2. The van der Waals surface area contributed by atoms with E-state index in [1.165, 1.54) is 103 Å². The van der Waals surface area contributed by atoms with Gasteiger partial charge in [-0.1, -0.05) is 279 Å². The van der Waals surface area contributed by atoms with Crippen LogP contribution in [0.4, 0.5) is 34.1 Å². The molecule has 0 unspecified atom stereocenters. The van der Waals surface area contributed by atoms with E-state index in [0.29, 0.717) is 0 Å². The number of anilines is 6. The van der Waals surface area contributed by atoms with Gasteiger partial charge in [-0.15, -0.1) is 0 Å². The lowest BCUT2D eigenvalue weighted by Crippen LogP contribution is -2.13. The van der Waals surface area contributed by atoms with Crippen molar-refractivity contribution in [1.82, 2.24) is 0 Å². The average Bonchev–Trinajstić information content (AvgIpc) is 0.756. The fourth-order valence-electron chi connectivity index (χ4n) is 15.1. The van der Waals surface area contributed by atoms with Crippen LogP contribution in [0.15, 0.2) is 340 Å². The predicted molar refractivity (Wildman–Crippen MR) is 387 cm³/mol. The number of fused-ring (bicyclic) bond motifs is 10. The molecule has 0 N–H and O–H groups in total. The summed E-state index contributed by atoms with van der Waals surface area (Å²) < 4.78 is 0. The third kappa shape index (κ3) is 8.12. The molecule has 0 aliphatic heterocycles. The third-order valence-electron chi connectivity index (χ3n) is 18.8. The van der Waals surface area contributed by atoms with Gasteiger partial charge in [-0.3, -0.25) is 0 Å². The molecular formula is C88H56N2. The molecule has 2 nitrogen and oxygen atoms in total. The van der Waals surface area contributed by atoms with Crippen LogP contribution in [0.1, 0.15) is 0 Å². The molecule has 0 radical (unpaired) electrons. The second-order valence-electron chi connectivity index (χ2n) is 23.8. The molecule has 18 aromatic carbocycles. The zero-order valence-electron chi connectivity index (χ0n) is 49.2. The van der Waals surface area contributed by atoms with Crippen LogP contribution in [0.3, 0.4) is 0 Å². The van der Waals surface area contributed by atoms with Gasteiger partial charge in [0.25, 0.3) is 0 Å². The molecule has 0 bridgehead atoms. The van der Waals surface area contributed by atoms with Gasteiger partial charge in [0.05, 0.1) is 22.7 Å². The van der Waals surface area contributed by atoms with Gasteiger partial charge in [0.15, 0.2) is 0 Å². The SMILES string of the molecule is c1ccc(N(c2c3ccccc3cc3ccccc23)c2c3ccccc3c(-c3cc(-c4c5ccccc5cc5ccccc45)cc(-c4c5ccccc5c(N(c5ccccc5)c5c6ccccc6cc6ccccc56)c5ccccc45)c3)c3ccccc23)cc1. The highest BCUT2D eigenvalue weighted by molar-refractivity contribution is 6.28. The van der Waals surface area contributed by atoms with Crippen LogP contribution in [0, 0.1) is 0 Å². The average molecular weight is 1140 g/mol. The van der Waals surface area contributed by atoms with Gasteiger partial charge in [0.2, 0.25) is 0 Å². The minimum atomic E-state index is 1.09. The first kappa shape index (κ1) is 51.4. The summed E-state index contributed by atoms with van der Waals surface area (Å²) in [5, 5.41) is 23.8. The van der Waals surface area contributed by atoms with Crippen molar-refractivity contribution in [3.05, 3.63) is 340 Å². The Morgan fingerprint density at radius 2 is 0.333 bits per heavy atom. The molecule has 0 amide bonds. The first-order chi connectivity index (χ1) is 44.7. The van der Waals surface area contributed by atoms with Crippen molar-refractivity contribution in [1.29, 1.82) is 0 Å². The lowest BCUT2D eigenvalue weighted by atomic mass is 9.83.